The van der Waals surface area contributed by atoms with Gasteiger partial charge in [0.1, 0.15) is 5.82 Å². The van der Waals surface area contributed by atoms with E-state index in [4.69, 9.17) is 9.90 Å². The van der Waals surface area contributed by atoms with Crippen molar-refractivity contribution >= 4 is 23.4 Å². The number of hydrogen-bond acceptors (Lipinski definition) is 4. The van der Waals surface area contributed by atoms with Gasteiger partial charge in [-0.05, 0) is 37.3 Å². The van der Waals surface area contributed by atoms with Gasteiger partial charge in [-0.1, -0.05) is 26.7 Å². The summed E-state index contributed by atoms with van der Waals surface area (Å²) in [7, 11) is 0. The molecule has 27 heavy (non-hydrogen) atoms. The summed E-state index contributed by atoms with van der Waals surface area (Å²) in [6.07, 6.45) is 2.17. The van der Waals surface area contributed by atoms with E-state index in [0.29, 0.717) is 5.92 Å². The molecule has 1 saturated carbocycles. The van der Waals surface area contributed by atoms with Crippen LogP contribution in [0.3, 0.4) is 0 Å². The molecule has 0 bridgehead atoms. The van der Waals surface area contributed by atoms with Crippen LogP contribution in [0.2, 0.25) is 0 Å². The van der Waals surface area contributed by atoms with Gasteiger partial charge < -0.3 is 15.7 Å². The predicted molar refractivity (Wildman–Crippen MR) is 96.5 cm³/mol. The molecule has 0 spiro atoms. The Morgan fingerprint density at radius 3 is 2.30 bits per heavy atom. The minimum Gasteiger partial charge on any atom is -0.475 e. The van der Waals surface area contributed by atoms with Crippen molar-refractivity contribution < 1.29 is 27.9 Å². The molecule has 152 valence electrons. The Morgan fingerprint density at radius 2 is 1.85 bits per heavy atom. The Balaban J connectivity index is 0.000000445. The Morgan fingerprint density at radius 1 is 1.26 bits per heavy atom. The third-order valence-corrected chi connectivity index (χ3v) is 4.03. The molecular formula is C18H26F3N3O3. The standard InChI is InChI=1S/C16H25N3O.C2HF3O2/c1-12(2)9-10-17-15-8-7-14(11-18-15)19-16(20)13-5-3-4-6-13;3-2(4,5)1(6)7/h7-8,11-13H,3-6,9-10H2,1-2H3,(H,17,18)(H,19,20);(H,6,7). The highest BCUT2D eigenvalue weighted by atomic mass is 19.4. The van der Waals surface area contributed by atoms with Gasteiger partial charge in [0.25, 0.3) is 0 Å². The molecule has 0 saturated heterocycles. The molecular weight excluding hydrogens is 363 g/mol. The third kappa shape index (κ3) is 9.25. The smallest absolute Gasteiger partial charge is 0.475 e. The number of aromatic nitrogens is 1. The van der Waals surface area contributed by atoms with Gasteiger partial charge in [-0.25, -0.2) is 9.78 Å². The number of carboxylic acid groups (broad SMARTS) is 1. The summed E-state index contributed by atoms with van der Waals surface area (Å²) in [6.45, 7) is 5.34. The second kappa shape index (κ2) is 10.7. The molecule has 2 rings (SSSR count). The highest BCUT2D eigenvalue weighted by Crippen LogP contribution is 2.26. The van der Waals surface area contributed by atoms with E-state index in [9.17, 15) is 18.0 Å². The summed E-state index contributed by atoms with van der Waals surface area (Å²) in [5, 5.41) is 13.4. The largest absolute Gasteiger partial charge is 0.490 e. The number of halogens is 3. The number of hydrogen-bond donors (Lipinski definition) is 3. The topological polar surface area (TPSA) is 91.3 Å². The van der Waals surface area contributed by atoms with Gasteiger partial charge in [-0.2, -0.15) is 13.2 Å². The van der Waals surface area contributed by atoms with Crippen LogP contribution in [0.25, 0.3) is 0 Å². The number of nitrogens with zero attached hydrogens (tertiary/aromatic N) is 1. The van der Waals surface area contributed by atoms with E-state index in [0.717, 1.165) is 37.3 Å². The molecule has 0 radical (unpaired) electrons. The first-order valence-corrected chi connectivity index (χ1v) is 8.90. The lowest BCUT2D eigenvalue weighted by atomic mass is 10.1. The summed E-state index contributed by atoms with van der Waals surface area (Å²) >= 11 is 0. The van der Waals surface area contributed by atoms with Crippen LogP contribution in [0.4, 0.5) is 24.7 Å². The monoisotopic (exact) mass is 389 g/mol. The number of nitrogens with one attached hydrogen (secondary N) is 2. The van der Waals surface area contributed by atoms with Crippen LogP contribution in [-0.4, -0.2) is 34.7 Å². The van der Waals surface area contributed by atoms with Gasteiger partial charge in [0.2, 0.25) is 5.91 Å². The van der Waals surface area contributed by atoms with Crippen molar-refractivity contribution in [3.63, 3.8) is 0 Å². The Labute approximate surface area is 156 Å². The molecule has 1 heterocycles. The van der Waals surface area contributed by atoms with Crippen LogP contribution in [0.15, 0.2) is 18.3 Å². The highest BCUT2D eigenvalue weighted by molar-refractivity contribution is 5.92. The Bertz CT molecular complexity index is 598. The molecule has 1 amide bonds. The van der Waals surface area contributed by atoms with Crippen molar-refractivity contribution in [2.75, 3.05) is 17.2 Å². The number of pyridine rings is 1. The number of carbonyl (C=O) groups is 2. The molecule has 1 aliphatic rings. The van der Waals surface area contributed by atoms with E-state index >= 15 is 0 Å². The van der Waals surface area contributed by atoms with Crippen molar-refractivity contribution in [2.45, 2.75) is 52.1 Å². The fraction of sp³-hybridized carbons (Fsp3) is 0.611. The maximum Gasteiger partial charge on any atom is 0.490 e. The zero-order valence-electron chi connectivity index (χ0n) is 15.5. The average molecular weight is 389 g/mol. The lowest BCUT2D eigenvalue weighted by Crippen LogP contribution is -2.21. The van der Waals surface area contributed by atoms with Crippen molar-refractivity contribution in [1.29, 1.82) is 0 Å². The van der Waals surface area contributed by atoms with Crippen molar-refractivity contribution in [1.82, 2.24) is 4.98 Å². The lowest BCUT2D eigenvalue weighted by Gasteiger charge is -2.11. The number of carboxylic acids is 1. The summed E-state index contributed by atoms with van der Waals surface area (Å²) in [6, 6.07) is 3.84. The summed E-state index contributed by atoms with van der Waals surface area (Å²) in [5.74, 6) is -0.867. The lowest BCUT2D eigenvalue weighted by molar-refractivity contribution is -0.192. The fourth-order valence-electron chi connectivity index (χ4n) is 2.49. The molecule has 6 nitrogen and oxygen atoms in total. The molecule has 9 heteroatoms. The van der Waals surface area contributed by atoms with Crippen LogP contribution < -0.4 is 10.6 Å². The quantitative estimate of drug-likeness (QED) is 0.675. The molecule has 1 aromatic rings. The van der Waals surface area contributed by atoms with E-state index in [1.165, 1.54) is 12.8 Å². The van der Waals surface area contributed by atoms with E-state index in [1.807, 2.05) is 12.1 Å². The predicted octanol–water partition coefficient (Wildman–Crippen LogP) is 4.30. The minimum atomic E-state index is -5.08. The molecule has 0 aromatic carbocycles. The highest BCUT2D eigenvalue weighted by Gasteiger charge is 2.38. The van der Waals surface area contributed by atoms with Gasteiger partial charge in [-0.3, -0.25) is 4.79 Å². The SMILES string of the molecule is CC(C)CCNc1ccc(NC(=O)C2CCCC2)cn1.O=C(O)C(F)(F)F. The van der Waals surface area contributed by atoms with Crippen molar-refractivity contribution in [2.24, 2.45) is 11.8 Å². The Kier molecular flexibility index (Phi) is 9.04. The molecule has 1 fully saturated rings. The summed E-state index contributed by atoms with van der Waals surface area (Å²) in [4.78, 5) is 25.2. The minimum absolute atomic E-state index is 0.143. The van der Waals surface area contributed by atoms with Gasteiger partial charge >= 0.3 is 12.1 Å². The van der Waals surface area contributed by atoms with Gasteiger partial charge in [0.15, 0.2) is 0 Å². The number of aliphatic carboxylic acids is 1. The molecule has 0 unspecified atom stereocenters. The average Bonchev–Trinajstić information content (AvgIpc) is 3.10. The number of amides is 1. The number of rotatable bonds is 6. The zero-order chi connectivity index (χ0) is 20.4. The first kappa shape index (κ1) is 22.7. The van der Waals surface area contributed by atoms with Crippen molar-refractivity contribution in [3.05, 3.63) is 18.3 Å². The summed E-state index contributed by atoms with van der Waals surface area (Å²) in [5.41, 5.74) is 0.788. The van der Waals surface area contributed by atoms with Gasteiger partial charge in [-0.15, -0.1) is 0 Å². The van der Waals surface area contributed by atoms with Crippen LogP contribution in [0.5, 0.6) is 0 Å². The van der Waals surface area contributed by atoms with E-state index in [1.54, 1.807) is 6.20 Å². The second-order valence-corrected chi connectivity index (χ2v) is 6.81. The number of carbonyl (C=O) groups excluding carboxylic acids is 1. The van der Waals surface area contributed by atoms with E-state index in [-0.39, 0.29) is 11.8 Å². The van der Waals surface area contributed by atoms with E-state index in [2.05, 4.69) is 29.5 Å². The molecule has 0 atom stereocenters. The van der Waals surface area contributed by atoms with E-state index < -0.39 is 12.1 Å². The molecule has 1 aromatic heterocycles. The van der Waals surface area contributed by atoms with Gasteiger partial charge in [0.05, 0.1) is 11.9 Å². The number of anilines is 2. The van der Waals surface area contributed by atoms with Crippen LogP contribution in [-0.2, 0) is 9.59 Å². The molecule has 1 aliphatic carbocycles. The normalized spacial score (nSPS) is 14.4. The molecule has 0 aliphatic heterocycles. The maximum atomic E-state index is 12.0. The third-order valence-electron chi connectivity index (χ3n) is 4.03. The zero-order valence-corrected chi connectivity index (χ0v) is 15.5. The first-order chi connectivity index (χ1) is 12.6. The van der Waals surface area contributed by atoms with Gasteiger partial charge in [0, 0.05) is 12.5 Å². The van der Waals surface area contributed by atoms with Crippen LogP contribution in [0.1, 0.15) is 46.0 Å². The second-order valence-electron chi connectivity index (χ2n) is 6.81. The van der Waals surface area contributed by atoms with Crippen LogP contribution in [0, 0.1) is 11.8 Å². The first-order valence-electron chi connectivity index (χ1n) is 8.90. The fourth-order valence-corrected chi connectivity index (χ4v) is 2.49. The summed E-state index contributed by atoms with van der Waals surface area (Å²) < 4.78 is 31.7. The Hall–Kier alpha value is -2.32. The molecule has 3 N–H and O–H groups in total. The number of alkyl halides is 3. The maximum absolute atomic E-state index is 12.0. The van der Waals surface area contributed by atoms with Crippen molar-refractivity contribution in [3.8, 4) is 0 Å². The van der Waals surface area contributed by atoms with Crippen LogP contribution >= 0.6 is 0 Å².